The van der Waals surface area contributed by atoms with E-state index in [1.54, 1.807) is 0 Å². The largest absolute Gasteiger partial charge is 0.329 e. The van der Waals surface area contributed by atoms with Crippen LogP contribution in [0, 0.1) is 5.92 Å². The fourth-order valence-electron chi connectivity index (χ4n) is 2.74. The van der Waals surface area contributed by atoms with Crippen LogP contribution < -0.4 is 5.73 Å². The summed E-state index contributed by atoms with van der Waals surface area (Å²) in [5, 5.41) is 0.825. The summed E-state index contributed by atoms with van der Waals surface area (Å²) < 4.78 is 0. The van der Waals surface area contributed by atoms with Gasteiger partial charge in [0.15, 0.2) is 0 Å². The van der Waals surface area contributed by atoms with Gasteiger partial charge in [0.25, 0.3) is 0 Å². The molecule has 0 bridgehead atoms. The Hall–Kier alpha value is -0.570. The monoisotopic (exact) mass is 282 g/mol. The quantitative estimate of drug-likeness (QED) is 0.851. The van der Waals surface area contributed by atoms with Gasteiger partial charge in [-0.3, -0.25) is 4.90 Å². The van der Waals surface area contributed by atoms with Crippen molar-refractivity contribution < 1.29 is 0 Å². The van der Waals surface area contributed by atoms with E-state index in [4.69, 9.17) is 17.3 Å². The van der Waals surface area contributed by atoms with Crippen LogP contribution in [-0.2, 0) is 0 Å². The Morgan fingerprint density at radius 2 is 1.84 bits per heavy atom. The number of nitrogens with zero attached hydrogens (tertiary/aromatic N) is 1. The Bertz CT molecular complexity index is 405. The van der Waals surface area contributed by atoms with E-state index in [-0.39, 0.29) is 11.6 Å². The van der Waals surface area contributed by atoms with E-state index < -0.39 is 0 Å². The normalized spacial score (nSPS) is 16.7. The first-order valence-corrected chi connectivity index (χ1v) is 7.37. The van der Waals surface area contributed by atoms with Gasteiger partial charge in [-0.2, -0.15) is 0 Å². The summed E-state index contributed by atoms with van der Waals surface area (Å²) in [6.07, 6.45) is 1.08. The first kappa shape index (κ1) is 16.5. The van der Waals surface area contributed by atoms with Gasteiger partial charge in [-0.15, -0.1) is 0 Å². The third kappa shape index (κ3) is 3.95. The van der Waals surface area contributed by atoms with E-state index in [1.165, 1.54) is 0 Å². The highest BCUT2D eigenvalue weighted by molar-refractivity contribution is 6.31. The van der Waals surface area contributed by atoms with Crippen LogP contribution in [0.15, 0.2) is 24.3 Å². The lowest BCUT2D eigenvalue weighted by molar-refractivity contribution is 0.0801. The Morgan fingerprint density at radius 1 is 1.26 bits per heavy atom. The zero-order valence-corrected chi connectivity index (χ0v) is 13.5. The molecular formula is C16H27ClN2. The van der Waals surface area contributed by atoms with Crippen LogP contribution in [-0.4, -0.2) is 24.0 Å². The van der Waals surface area contributed by atoms with Gasteiger partial charge in [-0.25, -0.2) is 0 Å². The second-order valence-electron chi connectivity index (χ2n) is 6.11. The minimum Gasteiger partial charge on any atom is -0.329 e. The molecule has 0 aliphatic rings. The first-order chi connectivity index (χ1) is 8.81. The predicted molar refractivity (Wildman–Crippen MR) is 84.5 cm³/mol. The highest BCUT2D eigenvalue weighted by Crippen LogP contribution is 2.33. The van der Waals surface area contributed by atoms with Gasteiger partial charge in [0, 0.05) is 23.1 Å². The molecule has 1 aromatic rings. The summed E-state index contributed by atoms with van der Waals surface area (Å²) in [4.78, 5) is 2.36. The minimum atomic E-state index is -0.00719. The Labute approximate surface area is 122 Å². The molecule has 2 unspecified atom stereocenters. The molecule has 0 fully saturated rings. The van der Waals surface area contributed by atoms with E-state index in [2.05, 4.69) is 45.7 Å². The Balaban J connectivity index is 2.97. The molecule has 1 rings (SSSR count). The van der Waals surface area contributed by atoms with Gasteiger partial charge in [-0.05, 0) is 44.9 Å². The number of likely N-dealkylation sites (N-methyl/N-ethyl adjacent to an activating group) is 1. The summed E-state index contributed by atoms with van der Waals surface area (Å²) in [5.41, 5.74) is 7.19. The second-order valence-corrected chi connectivity index (χ2v) is 6.51. The van der Waals surface area contributed by atoms with Crippen molar-refractivity contribution in [2.24, 2.45) is 11.7 Å². The maximum Gasteiger partial charge on any atom is 0.0453 e. The van der Waals surface area contributed by atoms with Gasteiger partial charge in [-0.1, -0.05) is 43.6 Å². The molecule has 2 N–H and O–H groups in total. The molecule has 1 aromatic carbocycles. The van der Waals surface area contributed by atoms with E-state index >= 15 is 0 Å². The highest BCUT2D eigenvalue weighted by atomic mass is 35.5. The summed E-state index contributed by atoms with van der Waals surface area (Å²) in [6, 6.07) is 8.29. The van der Waals surface area contributed by atoms with Crippen LogP contribution >= 0.6 is 11.6 Å². The van der Waals surface area contributed by atoms with Gasteiger partial charge in [0.2, 0.25) is 0 Å². The Morgan fingerprint density at radius 3 is 2.32 bits per heavy atom. The molecule has 0 aliphatic carbocycles. The molecule has 0 spiro atoms. The molecule has 108 valence electrons. The van der Waals surface area contributed by atoms with Gasteiger partial charge >= 0.3 is 0 Å². The molecule has 2 nitrogen and oxygen atoms in total. The standard InChI is InChI=1S/C16H27ClN2/c1-12(2)10-16(4,11-18)19(5)13(3)14-8-6-7-9-15(14)17/h6-9,12-13H,10-11,18H2,1-5H3. The van der Waals surface area contributed by atoms with Gasteiger partial charge in [0.05, 0.1) is 0 Å². The molecule has 0 saturated carbocycles. The fourth-order valence-corrected chi connectivity index (χ4v) is 3.03. The van der Waals surface area contributed by atoms with E-state index in [9.17, 15) is 0 Å². The van der Waals surface area contributed by atoms with Crippen molar-refractivity contribution in [1.29, 1.82) is 0 Å². The second kappa shape index (κ2) is 6.74. The van der Waals surface area contributed by atoms with Crippen LogP contribution in [0.5, 0.6) is 0 Å². The van der Waals surface area contributed by atoms with E-state index in [0.717, 1.165) is 17.0 Å². The topological polar surface area (TPSA) is 29.3 Å². The van der Waals surface area contributed by atoms with Crippen LogP contribution in [0.2, 0.25) is 5.02 Å². The van der Waals surface area contributed by atoms with Crippen LogP contribution in [0.4, 0.5) is 0 Å². The molecule has 0 radical (unpaired) electrons. The smallest absolute Gasteiger partial charge is 0.0453 e. The average molecular weight is 283 g/mol. The molecular weight excluding hydrogens is 256 g/mol. The molecule has 0 aromatic heterocycles. The summed E-state index contributed by atoms with van der Waals surface area (Å²) >= 11 is 6.30. The number of hydrogen-bond acceptors (Lipinski definition) is 2. The average Bonchev–Trinajstić information content (AvgIpc) is 2.36. The lowest BCUT2D eigenvalue weighted by Crippen LogP contribution is -2.51. The number of nitrogens with two attached hydrogens (primary N) is 1. The summed E-state index contributed by atoms with van der Waals surface area (Å²) in [5.74, 6) is 0.620. The molecule has 19 heavy (non-hydrogen) atoms. The summed E-state index contributed by atoms with van der Waals surface area (Å²) in [7, 11) is 2.14. The van der Waals surface area contributed by atoms with Crippen LogP contribution in [0.3, 0.4) is 0 Å². The van der Waals surface area contributed by atoms with Crippen LogP contribution in [0.25, 0.3) is 0 Å². The molecule has 2 atom stereocenters. The van der Waals surface area contributed by atoms with Crippen molar-refractivity contribution in [1.82, 2.24) is 4.90 Å². The van der Waals surface area contributed by atoms with E-state index in [0.29, 0.717) is 12.5 Å². The van der Waals surface area contributed by atoms with Crippen LogP contribution in [0.1, 0.15) is 45.7 Å². The molecule has 0 aliphatic heterocycles. The number of hydrogen-bond donors (Lipinski definition) is 1. The van der Waals surface area contributed by atoms with Crippen molar-refractivity contribution in [2.75, 3.05) is 13.6 Å². The van der Waals surface area contributed by atoms with Crippen molar-refractivity contribution in [3.05, 3.63) is 34.9 Å². The Kier molecular flexibility index (Phi) is 5.84. The molecule has 0 saturated heterocycles. The molecule has 0 amide bonds. The van der Waals surface area contributed by atoms with Crippen molar-refractivity contribution in [3.8, 4) is 0 Å². The third-order valence-corrected chi connectivity index (χ3v) is 4.42. The zero-order valence-electron chi connectivity index (χ0n) is 12.8. The predicted octanol–water partition coefficient (Wildman–Crippen LogP) is 4.10. The van der Waals surface area contributed by atoms with Gasteiger partial charge in [0.1, 0.15) is 0 Å². The molecule has 0 heterocycles. The first-order valence-electron chi connectivity index (χ1n) is 6.99. The maximum absolute atomic E-state index is 6.30. The van der Waals surface area contributed by atoms with Crippen molar-refractivity contribution in [3.63, 3.8) is 0 Å². The number of benzene rings is 1. The lowest BCUT2D eigenvalue weighted by atomic mass is 9.87. The summed E-state index contributed by atoms with van der Waals surface area (Å²) in [6.45, 7) is 9.55. The fraction of sp³-hybridized carbons (Fsp3) is 0.625. The van der Waals surface area contributed by atoms with Crippen molar-refractivity contribution >= 4 is 11.6 Å². The SMILES string of the molecule is CC(C)CC(C)(CN)N(C)C(C)c1ccccc1Cl. The minimum absolute atomic E-state index is 0.00719. The number of halogens is 1. The highest BCUT2D eigenvalue weighted by Gasteiger charge is 2.32. The molecule has 3 heteroatoms. The van der Waals surface area contributed by atoms with Crippen molar-refractivity contribution in [2.45, 2.75) is 45.7 Å². The maximum atomic E-state index is 6.30. The van der Waals surface area contributed by atoms with E-state index in [1.807, 2.05) is 18.2 Å². The third-order valence-electron chi connectivity index (χ3n) is 4.08. The number of rotatable bonds is 6. The lowest BCUT2D eigenvalue weighted by Gasteiger charge is -2.43. The zero-order chi connectivity index (χ0) is 14.6. The van der Waals surface area contributed by atoms with Gasteiger partial charge < -0.3 is 5.73 Å².